The van der Waals surface area contributed by atoms with E-state index in [-0.39, 0.29) is 5.38 Å². The van der Waals surface area contributed by atoms with Crippen LogP contribution in [0, 0.1) is 0 Å². The molecule has 1 atom stereocenters. The van der Waals surface area contributed by atoms with Gasteiger partial charge in [-0.2, -0.15) is 0 Å². The first-order chi connectivity index (χ1) is 9.24. The Balaban J connectivity index is 1.91. The number of hydrogen-bond acceptors (Lipinski definition) is 2. The van der Waals surface area contributed by atoms with E-state index in [2.05, 4.69) is 0 Å². The van der Waals surface area contributed by atoms with E-state index in [0.29, 0.717) is 18.2 Å². The van der Waals surface area contributed by atoms with Crippen molar-refractivity contribution in [3.8, 4) is 11.5 Å². The Hall–Kier alpha value is -1.38. The molecule has 0 bridgehead atoms. The van der Waals surface area contributed by atoms with Crippen LogP contribution in [0.25, 0.3) is 0 Å². The van der Waals surface area contributed by atoms with Crippen molar-refractivity contribution >= 4 is 23.2 Å². The van der Waals surface area contributed by atoms with E-state index in [1.54, 1.807) is 0 Å². The summed E-state index contributed by atoms with van der Waals surface area (Å²) in [5, 5.41) is 0.475. The number of ether oxygens (including phenoxy) is 2. The van der Waals surface area contributed by atoms with Crippen LogP contribution in [0.15, 0.2) is 42.5 Å². The third-order valence-electron chi connectivity index (χ3n) is 3.02. The normalized spacial score (nSPS) is 15.1. The highest BCUT2D eigenvalue weighted by Gasteiger charge is 2.16. The van der Waals surface area contributed by atoms with E-state index in [9.17, 15) is 0 Å². The molecule has 0 spiro atoms. The van der Waals surface area contributed by atoms with Crippen LogP contribution < -0.4 is 9.47 Å². The number of rotatable bonds is 2. The van der Waals surface area contributed by atoms with Crippen LogP contribution in [0.2, 0.25) is 5.02 Å². The van der Waals surface area contributed by atoms with E-state index in [1.807, 2.05) is 42.5 Å². The Morgan fingerprint density at radius 1 is 0.842 bits per heavy atom. The molecule has 19 heavy (non-hydrogen) atoms. The van der Waals surface area contributed by atoms with Gasteiger partial charge in [-0.1, -0.05) is 29.8 Å². The van der Waals surface area contributed by atoms with Gasteiger partial charge < -0.3 is 9.47 Å². The summed E-state index contributed by atoms with van der Waals surface area (Å²) < 4.78 is 11.1. The van der Waals surface area contributed by atoms with Crippen LogP contribution in [0.1, 0.15) is 16.5 Å². The van der Waals surface area contributed by atoms with E-state index in [4.69, 9.17) is 32.7 Å². The largest absolute Gasteiger partial charge is 0.486 e. The van der Waals surface area contributed by atoms with E-state index < -0.39 is 0 Å². The fourth-order valence-corrected chi connectivity index (χ4v) is 2.45. The van der Waals surface area contributed by atoms with Gasteiger partial charge in [0.15, 0.2) is 11.5 Å². The lowest BCUT2D eigenvalue weighted by Crippen LogP contribution is -2.15. The monoisotopic (exact) mass is 294 g/mol. The average Bonchev–Trinajstić information content (AvgIpc) is 2.47. The Bertz CT molecular complexity index is 581. The molecule has 0 fully saturated rings. The zero-order chi connectivity index (χ0) is 13.2. The molecule has 1 aliphatic rings. The van der Waals surface area contributed by atoms with Crippen LogP contribution in [-0.4, -0.2) is 13.2 Å². The fraction of sp³-hybridized carbons (Fsp3) is 0.200. The molecule has 0 radical (unpaired) electrons. The highest BCUT2D eigenvalue weighted by atomic mass is 35.5. The second kappa shape index (κ2) is 5.32. The van der Waals surface area contributed by atoms with Gasteiger partial charge in [0, 0.05) is 5.02 Å². The maximum atomic E-state index is 6.49. The molecule has 4 heteroatoms. The molecule has 0 aliphatic carbocycles. The molecule has 0 aromatic heterocycles. The van der Waals surface area contributed by atoms with Crippen molar-refractivity contribution in [2.45, 2.75) is 5.38 Å². The van der Waals surface area contributed by atoms with Crippen molar-refractivity contribution in [3.05, 3.63) is 58.6 Å². The minimum absolute atomic E-state index is 0.229. The molecule has 0 saturated carbocycles. The van der Waals surface area contributed by atoms with Crippen LogP contribution in [0.3, 0.4) is 0 Å². The summed E-state index contributed by atoms with van der Waals surface area (Å²) in [5.41, 5.74) is 1.98. The molecule has 0 amide bonds. The third kappa shape index (κ3) is 2.65. The smallest absolute Gasteiger partial charge is 0.161 e. The second-order valence-corrected chi connectivity index (χ2v) is 5.19. The van der Waals surface area contributed by atoms with Crippen LogP contribution in [0.4, 0.5) is 0 Å². The summed E-state index contributed by atoms with van der Waals surface area (Å²) in [5.74, 6) is 1.53. The van der Waals surface area contributed by atoms with Gasteiger partial charge in [0.05, 0.1) is 5.38 Å². The first-order valence-electron chi connectivity index (χ1n) is 6.03. The van der Waals surface area contributed by atoms with Crippen molar-refractivity contribution in [2.75, 3.05) is 13.2 Å². The molecule has 1 aliphatic heterocycles. The molecule has 3 rings (SSSR count). The minimum Gasteiger partial charge on any atom is -0.486 e. The van der Waals surface area contributed by atoms with Gasteiger partial charge in [-0.05, 0) is 35.4 Å². The first-order valence-corrected chi connectivity index (χ1v) is 6.84. The fourth-order valence-electron chi connectivity index (χ4n) is 2.04. The van der Waals surface area contributed by atoms with Gasteiger partial charge in [-0.3, -0.25) is 0 Å². The Labute approximate surface area is 121 Å². The number of halogens is 2. The molecule has 1 heterocycles. The van der Waals surface area contributed by atoms with Crippen molar-refractivity contribution in [2.24, 2.45) is 0 Å². The number of alkyl halides is 1. The predicted octanol–water partition coefficient (Wildman–Crippen LogP) is 4.44. The molecule has 2 aromatic carbocycles. The molecule has 2 nitrogen and oxygen atoms in total. The molecule has 0 N–H and O–H groups in total. The molecule has 2 aromatic rings. The molecule has 1 unspecified atom stereocenters. The SMILES string of the molecule is Clc1ccc(C(Cl)c2ccc3c(c2)OCCO3)cc1. The van der Waals surface area contributed by atoms with Gasteiger partial charge in [0.2, 0.25) is 0 Å². The molecule has 0 saturated heterocycles. The lowest BCUT2D eigenvalue weighted by Gasteiger charge is -2.20. The quantitative estimate of drug-likeness (QED) is 0.763. The summed E-state index contributed by atoms with van der Waals surface area (Å²) in [6.07, 6.45) is 0. The van der Waals surface area contributed by atoms with Crippen LogP contribution in [0.5, 0.6) is 11.5 Å². The zero-order valence-electron chi connectivity index (χ0n) is 10.1. The van der Waals surface area contributed by atoms with Gasteiger partial charge in [-0.15, -0.1) is 11.6 Å². The molecule has 98 valence electrons. The van der Waals surface area contributed by atoms with E-state index in [1.165, 1.54) is 0 Å². The Morgan fingerprint density at radius 3 is 2.21 bits per heavy atom. The standard InChI is InChI=1S/C15H12Cl2O2/c16-12-4-1-10(2-5-12)15(17)11-3-6-13-14(9-11)19-8-7-18-13/h1-6,9,15H,7-8H2. The Kier molecular flexibility index (Phi) is 3.54. The van der Waals surface area contributed by atoms with Gasteiger partial charge in [-0.25, -0.2) is 0 Å². The van der Waals surface area contributed by atoms with E-state index in [0.717, 1.165) is 22.6 Å². The Morgan fingerprint density at radius 2 is 1.47 bits per heavy atom. The summed E-state index contributed by atoms with van der Waals surface area (Å²) in [6, 6.07) is 13.3. The van der Waals surface area contributed by atoms with Crippen LogP contribution in [-0.2, 0) is 0 Å². The number of benzene rings is 2. The molecular weight excluding hydrogens is 283 g/mol. The third-order valence-corrected chi connectivity index (χ3v) is 3.78. The summed E-state index contributed by atoms with van der Waals surface area (Å²) >= 11 is 12.4. The zero-order valence-corrected chi connectivity index (χ0v) is 11.6. The second-order valence-electron chi connectivity index (χ2n) is 4.32. The topological polar surface area (TPSA) is 18.5 Å². The molecular formula is C15H12Cl2O2. The minimum atomic E-state index is -0.229. The van der Waals surface area contributed by atoms with E-state index >= 15 is 0 Å². The maximum absolute atomic E-state index is 6.49. The first kappa shape index (κ1) is 12.6. The van der Waals surface area contributed by atoms with Crippen molar-refractivity contribution in [3.63, 3.8) is 0 Å². The summed E-state index contributed by atoms with van der Waals surface area (Å²) in [6.45, 7) is 1.16. The predicted molar refractivity (Wildman–Crippen MR) is 76.6 cm³/mol. The number of fused-ring (bicyclic) bond motifs is 1. The average molecular weight is 295 g/mol. The summed E-state index contributed by atoms with van der Waals surface area (Å²) in [4.78, 5) is 0. The highest BCUT2D eigenvalue weighted by Crippen LogP contribution is 2.36. The lowest BCUT2D eigenvalue weighted by atomic mass is 10.0. The van der Waals surface area contributed by atoms with Crippen molar-refractivity contribution in [1.29, 1.82) is 0 Å². The van der Waals surface area contributed by atoms with Crippen LogP contribution >= 0.6 is 23.2 Å². The van der Waals surface area contributed by atoms with Gasteiger partial charge >= 0.3 is 0 Å². The summed E-state index contributed by atoms with van der Waals surface area (Å²) in [7, 11) is 0. The number of hydrogen-bond donors (Lipinski definition) is 0. The van der Waals surface area contributed by atoms with Gasteiger partial charge in [0.25, 0.3) is 0 Å². The van der Waals surface area contributed by atoms with Crippen molar-refractivity contribution in [1.82, 2.24) is 0 Å². The lowest BCUT2D eigenvalue weighted by molar-refractivity contribution is 0.171. The van der Waals surface area contributed by atoms with Crippen molar-refractivity contribution < 1.29 is 9.47 Å². The highest BCUT2D eigenvalue weighted by molar-refractivity contribution is 6.30. The van der Waals surface area contributed by atoms with Gasteiger partial charge in [0.1, 0.15) is 13.2 Å². The maximum Gasteiger partial charge on any atom is 0.161 e.